The van der Waals surface area contributed by atoms with Crippen molar-refractivity contribution in [2.75, 3.05) is 37.7 Å². The zero-order chi connectivity index (χ0) is 22.3. The summed E-state index contributed by atoms with van der Waals surface area (Å²) in [4.78, 5) is 25.9. The first kappa shape index (κ1) is 23.4. The van der Waals surface area contributed by atoms with Crippen LogP contribution in [0.4, 0.5) is 18.9 Å². The van der Waals surface area contributed by atoms with Crippen molar-refractivity contribution >= 4 is 17.5 Å². The van der Waals surface area contributed by atoms with E-state index >= 15 is 0 Å². The predicted molar refractivity (Wildman–Crippen MR) is 111 cm³/mol. The van der Waals surface area contributed by atoms with E-state index in [-0.39, 0.29) is 24.6 Å². The second kappa shape index (κ2) is 10.8. The number of carbonyl (C=O) groups excluding carboxylic acids is 2. The van der Waals surface area contributed by atoms with E-state index in [1.54, 1.807) is 6.07 Å². The standard InChI is InChI=1S/C22H30F3N3O3/c23-22(24,25)19-13-18(28-8-10-31-11-9-28)7-6-17(19)14-26-21(30)15-27-20(29)12-16-4-2-1-3-5-16/h6-7,13,16H,1-5,8-12,14-15H2,(H,26,30)(H,27,29). The summed E-state index contributed by atoms with van der Waals surface area (Å²) in [6.07, 6.45) is 1.38. The number of nitrogens with zero attached hydrogens (tertiary/aromatic N) is 1. The molecule has 2 amide bonds. The van der Waals surface area contributed by atoms with Crippen molar-refractivity contribution in [1.29, 1.82) is 0 Å². The number of carbonyl (C=O) groups is 2. The lowest BCUT2D eigenvalue weighted by molar-refractivity contribution is -0.138. The molecule has 1 saturated heterocycles. The third kappa shape index (κ3) is 7.12. The van der Waals surface area contributed by atoms with E-state index in [2.05, 4.69) is 10.6 Å². The molecule has 1 aromatic carbocycles. The molecule has 2 aliphatic rings. The summed E-state index contributed by atoms with van der Waals surface area (Å²) in [5, 5.41) is 5.05. The lowest BCUT2D eigenvalue weighted by Gasteiger charge is -2.29. The van der Waals surface area contributed by atoms with E-state index in [0.717, 1.165) is 31.7 Å². The lowest BCUT2D eigenvalue weighted by atomic mass is 9.87. The van der Waals surface area contributed by atoms with E-state index < -0.39 is 17.6 Å². The fourth-order valence-electron chi connectivity index (χ4n) is 4.16. The SMILES string of the molecule is O=C(CNC(=O)CC1CCCCC1)NCc1ccc(N2CCOCC2)cc1C(F)(F)F. The summed E-state index contributed by atoms with van der Waals surface area (Å²) >= 11 is 0. The number of halogens is 3. The van der Waals surface area contributed by atoms with Gasteiger partial charge < -0.3 is 20.3 Å². The summed E-state index contributed by atoms with van der Waals surface area (Å²) in [5.74, 6) is -0.341. The quantitative estimate of drug-likeness (QED) is 0.682. The molecule has 1 aromatic rings. The highest BCUT2D eigenvalue weighted by molar-refractivity contribution is 5.84. The Hall–Kier alpha value is -2.29. The van der Waals surface area contributed by atoms with Crippen LogP contribution in [0, 0.1) is 5.92 Å². The van der Waals surface area contributed by atoms with Crippen molar-refractivity contribution in [2.45, 2.75) is 51.2 Å². The van der Waals surface area contributed by atoms with Gasteiger partial charge in [0, 0.05) is 31.7 Å². The molecule has 1 aliphatic carbocycles. The highest BCUT2D eigenvalue weighted by Crippen LogP contribution is 2.35. The Balaban J connectivity index is 1.52. The van der Waals surface area contributed by atoms with Gasteiger partial charge >= 0.3 is 6.18 Å². The Bertz CT molecular complexity index is 758. The zero-order valence-corrected chi connectivity index (χ0v) is 17.6. The van der Waals surface area contributed by atoms with Gasteiger partial charge in [-0.1, -0.05) is 25.3 Å². The molecule has 1 heterocycles. The van der Waals surface area contributed by atoms with Crippen molar-refractivity contribution in [3.8, 4) is 0 Å². The molecule has 6 nitrogen and oxygen atoms in total. The van der Waals surface area contributed by atoms with Gasteiger partial charge in [-0.2, -0.15) is 13.2 Å². The van der Waals surface area contributed by atoms with E-state index in [9.17, 15) is 22.8 Å². The van der Waals surface area contributed by atoms with E-state index in [1.165, 1.54) is 12.5 Å². The predicted octanol–water partition coefficient (Wildman–Crippen LogP) is 3.24. The number of alkyl halides is 3. The Morgan fingerprint density at radius 3 is 2.42 bits per heavy atom. The molecule has 3 rings (SSSR count). The van der Waals surface area contributed by atoms with E-state index in [4.69, 9.17) is 4.74 Å². The summed E-state index contributed by atoms with van der Waals surface area (Å²) in [6, 6.07) is 4.16. The van der Waals surface area contributed by atoms with Crippen LogP contribution in [-0.4, -0.2) is 44.7 Å². The molecular formula is C22H30F3N3O3. The molecule has 31 heavy (non-hydrogen) atoms. The number of ether oxygens (including phenoxy) is 1. The third-order valence-corrected chi connectivity index (χ3v) is 5.90. The van der Waals surface area contributed by atoms with Crippen LogP contribution in [0.1, 0.15) is 49.7 Å². The van der Waals surface area contributed by atoms with Gasteiger partial charge in [0.05, 0.1) is 25.3 Å². The molecule has 172 valence electrons. The van der Waals surface area contributed by atoms with Crippen molar-refractivity contribution in [1.82, 2.24) is 10.6 Å². The largest absolute Gasteiger partial charge is 0.416 e. The first-order chi connectivity index (χ1) is 14.8. The summed E-state index contributed by atoms with van der Waals surface area (Å²) in [6.45, 7) is 1.54. The minimum atomic E-state index is -4.53. The number of morpholine rings is 1. The van der Waals surface area contributed by atoms with Crippen LogP contribution < -0.4 is 15.5 Å². The highest BCUT2D eigenvalue weighted by Gasteiger charge is 2.34. The average Bonchev–Trinajstić information content (AvgIpc) is 2.77. The minimum Gasteiger partial charge on any atom is -0.378 e. The second-order valence-electron chi connectivity index (χ2n) is 8.20. The van der Waals surface area contributed by atoms with Crippen LogP contribution in [0.3, 0.4) is 0 Å². The topological polar surface area (TPSA) is 70.7 Å². The number of rotatable bonds is 7. The molecule has 2 N–H and O–H groups in total. The fourth-order valence-corrected chi connectivity index (χ4v) is 4.16. The molecule has 0 aromatic heterocycles. The van der Waals surface area contributed by atoms with Gasteiger partial charge in [0.2, 0.25) is 11.8 Å². The molecular weight excluding hydrogens is 411 g/mol. The molecule has 1 aliphatic heterocycles. The van der Waals surface area contributed by atoms with Crippen LogP contribution in [0.25, 0.3) is 0 Å². The second-order valence-corrected chi connectivity index (χ2v) is 8.20. The maximum Gasteiger partial charge on any atom is 0.416 e. The Morgan fingerprint density at radius 2 is 1.74 bits per heavy atom. The number of nitrogens with one attached hydrogen (secondary N) is 2. The normalized spacial score (nSPS) is 18.0. The van der Waals surface area contributed by atoms with Gasteiger partial charge in [-0.15, -0.1) is 0 Å². The van der Waals surface area contributed by atoms with Crippen molar-refractivity contribution < 1.29 is 27.5 Å². The Morgan fingerprint density at radius 1 is 1.03 bits per heavy atom. The first-order valence-corrected chi connectivity index (χ1v) is 10.9. The van der Waals surface area contributed by atoms with Crippen LogP contribution >= 0.6 is 0 Å². The number of anilines is 1. The van der Waals surface area contributed by atoms with Gasteiger partial charge in [0.25, 0.3) is 0 Å². The van der Waals surface area contributed by atoms with Gasteiger partial charge in [-0.05, 0) is 36.5 Å². The van der Waals surface area contributed by atoms with Crippen molar-refractivity contribution in [2.24, 2.45) is 5.92 Å². The van der Waals surface area contributed by atoms with Gasteiger partial charge in [-0.3, -0.25) is 9.59 Å². The Labute approximate surface area is 180 Å². The molecule has 0 unspecified atom stereocenters. The van der Waals surface area contributed by atoms with Crippen molar-refractivity contribution in [3.63, 3.8) is 0 Å². The molecule has 1 saturated carbocycles. The number of benzene rings is 1. The minimum absolute atomic E-state index is 0.00797. The van der Waals surface area contributed by atoms with Crippen molar-refractivity contribution in [3.05, 3.63) is 29.3 Å². The van der Waals surface area contributed by atoms with Gasteiger partial charge in [-0.25, -0.2) is 0 Å². The molecule has 0 spiro atoms. The number of hydrogen-bond acceptors (Lipinski definition) is 4. The molecule has 0 radical (unpaired) electrons. The summed E-state index contributed by atoms with van der Waals surface area (Å²) in [5.41, 5.74) is -0.287. The summed E-state index contributed by atoms with van der Waals surface area (Å²) in [7, 11) is 0. The number of amides is 2. The molecule has 9 heteroatoms. The molecule has 0 bridgehead atoms. The maximum atomic E-state index is 13.6. The van der Waals surface area contributed by atoms with E-state index in [1.807, 2.05) is 4.90 Å². The van der Waals surface area contributed by atoms with Crippen LogP contribution in [0.5, 0.6) is 0 Å². The fraction of sp³-hybridized carbons (Fsp3) is 0.636. The lowest BCUT2D eigenvalue weighted by Crippen LogP contribution is -2.38. The van der Waals surface area contributed by atoms with Crippen LogP contribution in [-0.2, 0) is 27.0 Å². The van der Waals surface area contributed by atoms with Crippen LogP contribution in [0.15, 0.2) is 18.2 Å². The number of hydrogen-bond donors (Lipinski definition) is 2. The Kier molecular flexibility index (Phi) is 8.17. The third-order valence-electron chi connectivity index (χ3n) is 5.90. The van der Waals surface area contributed by atoms with Gasteiger partial charge in [0.15, 0.2) is 0 Å². The summed E-state index contributed by atoms with van der Waals surface area (Å²) < 4.78 is 46.0. The molecule has 2 fully saturated rings. The van der Waals surface area contributed by atoms with E-state index in [0.29, 0.717) is 44.3 Å². The maximum absolute atomic E-state index is 13.6. The first-order valence-electron chi connectivity index (χ1n) is 10.9. The monoisotopic (exact) mass is 441 g/mol. The highest BCUT2D eigenvalue weighted by atomic mass is 19.4. The average molecular weight is 441 g/mol. The zero-order valence-electron chi connectivity index (χ0n) is 17.6. The van der Waals surface area contributed by atoms with Crippen LogP contribution in [0.2, 0.25) is 0 Å². The molecule has 0 atom stereocenters. The smallest absolute Gasteiger partial charge is 0.378 e. The van der Waals surface area contributed by atoms with Gasteiger partial charge in [0.1, 0.15) is 0 Å².